The van der Waals surface area contributed by atoms with Crippen LogP contribution >= 0.6 is 0 Å². The molecule has 1 unspecified atom stereocenters. The van der Waals surface area contributed by atoms with Crippen LogP contribution in [0.3, 0.4) is 0 Å². The Bertz CT molecular complexity index is 676. The summed E-state index contributed by atoms with van der Waals surface area (Å²) in [4.78, 5) is 0. The van der Waals surface area contributed by atoms with E-state index in [-0.39, 0.29) is 0 Å². The van der Waals surface area contributed by atoms with E-state index in [4.69, 9.17) is 28.6 Å². The quantitative estimate of drug-likeness (QED) is 0.127. The summed E-state index contributed by atoms with van der Waals surface area (Å²) in [5.41, 5.74) is 0. The lowest BCUT2D eigenvalue weighted by molar-refractivity contribution is -0.368. The molecule has 0 bridgehead atoms. The number of aliphatic hydroxyl groups is 8. The van der Waals surface area contributed by atoms with Gasteiger partial charge in [0.1, 0.15) is 54.9 Å². The predicted octanol–water partition coefficient (Wildman–Crippen LogP) is -6.19. The van der Waals surface area contributed by atoms with Gasteiger partial charge < -0.3 is 59.8 Å². The molecule has 2 aliphatic rings. The summed E-state index contributed by atoms with van der Waals surface area (Å²) in [6, 6.07) is 0. The molecule has 0 spiro atoms. The average molecular weight is 496 g/mol. The van der Waals surface area contributed by atoms with Crippen molar-refractivity contribution < 1.29 is 77.0 Å². The standard InChI is InChI=1S/C15H28O16S/c16-1-5(18)3-27-15-13(11(22)8(19)6(2-17)29-15)31-14-12(23)10(21)9(20)7(30-14)4-28-32(24,25)26/h5-23H,1-4H2,(H,24,25,26)/t5?,6-,7-,8-,9-,10+,11+,12+,13-,14-,15+/m1/s1. The third-order valence-electron chi connectivity index (χ3n) is 4.83. The van der Waals surface area contributed by atoms with Gasteiger partial charge in [-0.2, -0.15) is 8.42 Å². The lowest BCUT2D eigenvalue weighted by Crippen LogP contribution is -2.64. The van der Waals surface area contributed by atoms with Gasteiger partial charge in [-0.25, -0.2) is 4.18 Å². The molecule has 0 aromatic carbocycles. The van der Waals surface area contributed by atoms with Gasteiger partial charge in [-0.05, 0) is 0 Å². The zero-order chi connectivity index (χ0) is 24.2. The van der Waals surface area contributed by atoms with E-state index in [0.29, 0.717) is 0 Å². The van der Waals surface area contributed by atoms with Gasteiger partial charge in [0.15, 0.2) is 12.6 Å². The maximum Gasteiger partial charge on any atom is 0.397 e. The fourth-order valence-corrected chi connectivity index (χ4v) is 3.37. The molecule has 0 radical (unpaired) electrons. The van der Waals surface area contributed by atoms with E-state index in [9.17, 15) is 44.2 Å². The highest BCUT2D eigenvalue weighted by Crippen LogP contribution is 2.30. The van der Waals surface area contributed by atoms with E-state index in [2.05, 4.69) is 4.18 Å². The van der Waals surface area contributed by atoms with Gasteiger partial charge in [-0.3, -0.25) is 4.55 Å². The second-order valence-electron chi connectivity index (χ2n) is 7.20. The Labute approximate surface area is 182 Å². The smallest absolute Gasteiger partial charge is 0.394 e. The molecule has 11 atom stereocenters. The fraction of sp³-hybridized carbons (Fsp3) is 1.00. The molecule has 2 heterocycles. The van der Waals surface area contributed by atoms with Crippen LogP contribution in [0.1, 0.15) is 0 Å². The Morgan fingerprint density at radius 1 is 0.844 bits per heavy atom. The van der Waals surface area contributed by atoms with Gasteiger partial charge in [0.25, 0.3) is 0 Å². The Morgan fingerprint density at radius 2 is 1.44 bits per heavy atom. The molecule has 190 valence electrons. The first kappa shape index (κ1) is 27.6. The molecule has 0 aromatic rings. The highest BCUT2D eigenvalue weighted by atomic mass is 32.3. The van der Waals surface area contributed by atoms with Crippen LogP contribution in [0.5, 0.6) is 0 Å². The summed E-state index contributed by atoms with van der Waals surface area (Å²) in [5, 5.41) is 78.3. The van der Waals surface area contributed by atoms with E-state index >= 15 is 0 Å². The molecule has 2 saturated heterocycles. The molecule has 2 aliphatic heterocycles. The zero-order valence-corrected chi connectivity index (χ0v) is 17.3. The molecule has 17 heteroatoms. The Kier molecular flexibility index (Phi) is 10.1. The number of hydrogen-bond donors (Lipinski definition) is 9. The van der Waals surface area contributed by atoms with E-state index in [1.165, 1.54) is 0 Å². The van der Waals surface area contributed by atoms with Crippen molar-refractivity contribution >= 4 is 10.4 Å². The molecular weight excluding hydrogens is 468 g/mol. The normalized spacial score (nSPS) is 42.0. The van der Waals surface area contributed by atoms with Crippen molar-refractivity contribution in [2.24, 2.45) is 0 Å². The summed E-state index contributed by atoms with van der Waals surface area (Å²) in [7, 11) is -4.93. The first-order valence-corrected chi connectivity index (χ1v) is 10.8. The maximum absolute atomic E-state index is 10.8. The van der Waals surface area contributed by atoms with Crippen LogP contribution in [0, 0.1) is 0 Å². The summed E-state index contributed by atoms with van der Waals surface area (Å²) in [6.45, 7) is -2.93. The number of ether oxygens (including phenoxy) is 4. The van der Waals surface area contributed by atoms with Gasteiger partial charge in [0.2, 0.25) is 0 Å². The molecule has 9 N–H and O–H groups in total. The first-order valence-electron chi connectivity index (χ1n) is 9.39. The van der Waals surface area contributed by atoms with E-state index in [1.54, 1.807) is 0 Å². The minimum Gasteiger partial charge on any atom is -0.394 e. The van der Waals surface area contributed by atoms with E-state index < -0.39 is 104 Å². The van der Waals surface area contributed by atoms with Crippen molar-refractivity contribution in [1.29, 1.82) is 0 Å². The van der Waals surface area contributed by atoms with Crippen LogP contribution in [0.15, 0.2) is 0 Å². The molecule has 2 fully saturated rings. The van der Waals surface area contributed by atoms with Crippen molar-refractivity contribution in [3.8, 4) is 0 Å². The van der Waals surface area contributed by atoms with Gasteiger partial charge in [-0.15, -0.1) is 0 Å². The summed E-state index contributed by atoms with van der Waals surface area (Å²) in [5.74, 6) is 0. The van der Waals surface area contributed by atoms with Gasteiger partial charge >= 0.3 is 10.4 Å². The Balaban J connectivity index is 2.17. The molecule has 0 aromatic heterocycles. The van der Waals surface area contributed by atoms with Crippen LogP contribution in [-0.2, 0) is 33.5 Å². The SMILES string of the molecule is O=S(=O)(O)OC[C@H]1O[C@H](O[C@H]2[C@@H](OCC(O)CO)O[C@H](CO)[C@@H](O)[C@@H]2O)[C@@H](O)[C@@H](O)[C@@H]1O. The highest BCUT2D eigenvalue weighted by molar-refractivity contribution is 7.80. The van der Waals surface area contributed by atoms with Crippen molar-refractivity contribution in [3.05, 3.63) is 0 Å². The molecule has 2 rings (SSSR count). The van der Waals surface area contributed by atoms with Gasteiger partial charge in [0.05, 0.1) is 26.4 Å². The molecule has 0 amide bonds. The molecule has 16 nitrogen and oxygen atoms in total. The first-order chi connectivity index (χ1) is 14.9. The lowest BCUT2D eigenvalue weighted by Gasteiger charge is -2.46. The van der Waals surface area contributed by atoms with Crippen molar-refractivity contribution in [2.75, 3.05) is 26.4 Å². The van der Waals surface area contributed by atoms with Gasteiger partial charge in [-0.1, -0.05) is 0 Å². The molecular formula is C15H28O16S. The predicted molar refractivity (Wildman–Crippen MR) is 95.9 cm³/mol. The average Bonchev–Trinajstić information content (AvgIpc) is 2.74. The van der Waals surface area contributed by atoms with Crippen LogP contribution in [0.25, 0.3) is 0 Å². The van der Waals surface area contributed by atoms with Crippen molar-refractivity contribution in [1.82, 2.24) is 0 Å². The number of rotatable bonds is 10. The zero-order valence-electron chi connectivity index (χ0n) is 16.5. The van der Waals surface area contributed by atoms with E-state index in [0.717, 1.165) is 0 Å². The summed E-state index contributed by atoms with van der Waals surface area (Å²) < 4.78 is 55.4. The topological polar surface area (TPSA) is 262 Å². The minimum atomic E-state index is -4.93. The summed E-state index contributed by atoms with van der Waals surface area (Å²) >= 11 is 0. The lowest BCUT2D eigenvalue weighted by atomic mass is 9.97. The number of aliphatic hydroxyl groups excluding tert-OH is 8. The summed E-state index contributed by atoms with van der Waals surface area (Å²) in [6.07, 6.45) is -18.7. The van der Waals surface area contributed by atoms with Crippen LogP contribution < -0.4 is 0 Å². The molecule has 0 saturated carbocycles. The van der Waals surface area contributed by atoms with Crippen molar-refractivity contribution in [3.63, 3.8) is 0 Å². The number of hydrogen-bond acceptors (Lipinski definition) is 15. The maximum atomic E-state index is 10.8. The minimum absolute atomic E-state index is 0.526. The second kappa shape index (κ2) is 11.7. The highest BCUT2D eigenvalue weighted by Gasteiger charge is 2.51. The third kappa shape index (κ3) is 6.95. The molecule has 0 aliphatic carbocycles. The van der Waals surface area contributed by atoms with Crippen molar-refractivity contribution in [2.45, 2.75) is 67.5 Å². The fourth-order valence-electron chi connectivity index (χ4n) is 3.07. The largest absolute Gasteiger partial charge is 0.397 e. The Hall–Kier alpha value is -0.610. The monoisotopic (exact) mass is 496 g/mol. The van der Waals surface area contributed by atoms with Crippen LogP contribution in [0.4, 0.5) is 0 Å². The van der Waals surface area contributed by atoms with Gasteiger partial charge in [0, 0.05) is 0 Å². The molecule has 32 heavy (non-hydrogen) atoms. The van der Waals surface area contributed by atoms with Crippen LogP contribution in [0.2, 0.25) is 0 Å². The van der Waals surface area contributed by atoms with Crippen LogP contribution in [-0.4, -0.2) is 148 Å². The third-order valence-corrected chi connectivity index (χ3v) is 5.26. The second-order valence-corrected chi connectivity index (χ2v) is 8.30. The van der Waals surface area contributed by atoms with E-state index in [1.807, 2.05) is 0 Å². The Morgan fingerprint density at radius 3 is 2.00 bits per heavy atom.